The molecule has 2 aromatic carbocycles. The highest BCUT2D eigenvalue weighted by molar-refractivity contribution is 7.22. The number of rotatable bonds is 5. The van der Waals surface area contributed by atoms with Gasteiger partial charge in [-0.15, -0.1) is 0 Å². The van der Waals surface area contributed by atoms with Crippen LogP contribution in [0.3, 0.4) is 0 Å². The number of hydrogen-bond donors (Lipinski definition) is 0. The first-order valence-corrected chi connectivity index (χ1v) is 10.5. The van der Waals surface area contributed by atoms with Crippen LogP contribution in [0.1, 0.15) is 23.2 Å². The smallest absolute Gasteiger partial charge is 0.263 e. The van der Waals surface area contributed by atoms with E-state index in [1.54, 1.807) is 29.2 Å². The molecule has 0 N–H and O–H groups in total. The van der Waals surface area contributed by atoms with Crippen LogP contribution in [0.5, 0.6) is 5.75 Å². The predicted molar refractivity (Wildman–Crippen MR) is 113 cm³/mol. The third kappa shape index (κ3) is 3.82. The summed E-state index contributed by atoms with van der Waals surface area (Å²) >= 11 is 13.9. The van der Waals surface area contributed by atoms with Gasteiger partial charge < -0.3 is 9.47 Å². The maximum absolute atomic E-state index is 13.5. The second kappa shape index (κ2) is 8.25. The lowest BCUT2D eigenvalue weighted by atomic mass is 10.1. The molecule has 1 unspecified atom stereocenters. The normalized spacial score (nSPS) is 16.5. The number of amides is 1. The molecule has 5 nitrogen and oxygen atoms in total. The molecule has 1 aliphatic heterocycles. The van der Waals surface area contributed by atoms with Crippen LogP contribution in [0.25, 0.3) is 10.2 Å². The molecule has 1 aromatic heterocycles. The van der Waals surface area contributed by atoms with Crippen LogP contribution in [-0.4, -0.2) is 37.3 Å². The molecule has 1 aliphatic rings. The molecule has 0 bridgehead atoms. The topological polar surface area (TPSA) is 51.7 Å². The van der Waals surface area contributed by atoms with Crippen molar-refractivity contribution in [3.63, 3.8) is 0 Å². The number of nitrogens with zero attached hydrogens (tertiary/aromatic N) is 2. The summed E-state index contributed by atoms with van der Waals surface area (Å²) in [7, 11) is 1.53. The van der Waals surface area contributed by atoms with E-state index in [1.165, 1.54) is 18.4 Å². The number of carbonyl (C=O) groups is 1. The van der Waals surface area contributed by atoms with E-state index in [0.29, 0.717) is 45.2 Å². The highest BCUT2D eigenvalue weighted by Crippen LogP contribution is 2.35. The van der Waals surface area contributed by atoms with Gasteiger partial charge in [-0.1, -0.05) is 40.6 Å². The monoisotopic (exact) mass is 436 g/mol. The quantitative estimate of drug-likeness (QED) is 0.534. The number of methoxy groups -OCH3 is 1. The van der Waals surface area contributed by atoms with Crippen molar-refractivity contribution in [1.29, 1.82) is 0 Å². The average molecular weight is 437 g/mol. The second-order valence-corrected chi connectivity index (χ2v) is 8.33. The summed E-state index contributed by atoms with van der Waals surface area (Å²) in [5.74, 6) is 0.232. The Labute approximate surface area is 176 Å². The van der Waals surface area contributed by atoms with Crippen molar-refractivity contribution in [2.24, 2.45) is 0 Å². The first-order chi connectivity index (χ1) is 13.6. The minimum atomic E-state index is -0.231. The zero-order valence-corrected chi connectivity index (χ0v) is 17.5. The maximum Gasteiger partial charge on any atom is 0.263 e. The van der Waals surface area contributed by atoms with Crippen molar-refractivity contribution in [3.05, 3.63) is 52.0 Å². The summed E-state index contributed by atoms with van der Waals surface area (Å²) in [6.45, 7) is 1.12. The lowest BCUT2D eigenvalue weighted by molar-refractivity contribution is 0.0915. The van der Waals surface area contributed by atoms with Crippen molar-refractivity contribution in [2.45, 2.75) is 18.9 Å². The van der Waals surface area contributed by atoms with Gasteiger partial charge in [-0.3, -0.25) is 9.69 Å². The Bertz CT molecular complexity index is 1020. The summed E-state index contributed by atoms with van der Waals surface area (Å²) in [6, 6.07) is 10.6. The summed E-state index contributed by atoms with van der Waals surface area (Å²) in [5, 5.41) is 1.60. The van der Waals surface area contributed by atoms with Gasteiger partial charge in [-0.05, 0) is 43.2 Å². The summed E-state index contributed by atoms with van der Waals surface area (Å²) < 4.78 is 12.1. The van der Waals surface area contributed by atoms with Gasteiger partial charge in [-0.2, -0.15) is 0 Å². The number of hydrogen-bond acceptors (Lipinski definition) is 5. The van der Waals surface area contributed by atoms with E-state index in [-0.39, 0.29) is 12.0 Å². The fourth-order valence-electron chi connectivity index (χ4n) is 3.25. The number of thiazole rings is 1. The SMILES string of the molecule is COc1ccc(Cl)cc1C(=O)N(CC1CCCO1)c1nc2c(Cl)cccc2s1. The van der Waals surface area contributed by atoms with Gasteiger partial charge in [0.25, 0.3) is 5.91 Å². The van der Waals surface area contributed by atoms with E-state index in [0.717, 1.165) is 17.5 Å². The standard InChI is InChI=1S/C20H18Cl2N2O3S/c1-26-16-8-7-12(21)10-14(16)19(25)24(11-13-4-3-9-27-13)20-23-18-15(22)5-2-6-17(18)28-20/h2,5-8,10,13H,3-4,9,11H2,1H3. The van der Waals surface area contributed by atoms with E-state index in [4.69, 9.17) is 32.7 Å². The Morgan fingerprint density at radius 3 is 2.93 bits per heavy atom. The molecule has 2 heterocycles. The van der Waals surface area contributed by atoms with E-state index in [9.17, 15) is 4.79 Å². The van der Waals surface area contributed by atoms with E-state index >= 15 is 0 Å². The van der Waals surface area contributed by atoms with Crippen LogP contribution in [-0.2, 0) is 4.74 Å². The number of aromatic nitrogens is 1. The van der Waals surface area contributed by atoms with Crippen molar-refractivity contribution in [3.8, 4) is 5.75 Å². The Hall–Kier alpha value is -1.86. The fourth-order valence-corrected chi connectivity index (χ4v) is 4.70. The number of halogens is 2. The fraction of sp³-hybridized carbons (Fsp3) is 0.300. The Kier molecular flexibility index (Phi) is 5.73. The summed E-state index contributed by atoms with van der Waals surface area (Å²) in [5.41, 5.74) is 1.07. The Balaban J connectivity index is 1.77. The van der Waals surface area contributed by atoms with Crippen LogP contribution in [0.15, 0.2) is 36.4 Å². The molecule has 0 spiro atoms. The van der Waals surface area contributed by atoms with Crippen LogP contribution in [0.4, 0.5) is 5.13 Å². The molecule has 146 valence electrons. The van der Waals surface area contributed by atoms with E-state index in [2.05, 4.69) is 4.98 Å². The van der Waals surface area contributed by atoms with Gasteiger partial charge in [0, 0.05) is 11.6 Å². The maximum atomic E-state index is 13.5. The third-order valence-corrected chi connectivity index (χ3v) is 6.22. The van der Waals surface area contributed by atoms with Crippen LogP contribution in [0, 0.1) is 0 Å². The number of carbonyl (C=O) groups excluding carboxylic acids is 1. The number of para-hydroxylation sites is 1. The predicted octanol–water partition coefficient (Wildman–Crippen LogP) is 5.44. The first-order valence-electron chi connectivity index (χ1n) is 8.89. The van der Waals surface area contributed by atoms with Crippen LogP contribution >= 0.6 is 34.5 Å². The molecule has 1 amide bonds. The minimum absolute atomic E-state index is 0.0309. The highest BCUT2D eigenvalue weighted by Gasteiger charge is 2.29. The number of benzene rings is 2. The molecular formula is C20H18Cl2N2O3S. The van der Waals surface area contributed by atoms with Gasteiger partial charge in [-0.25, -0.2) is 4.98 Å². The zero-order valence-electron chi connectivity index (χ0n) is 15.2. The molecule has 1 fully saturated rings. The van der Waals surface area contributed by atoms with Gasteiger partial charge >= 0.3 is 0 Å². The molecule has 1 atom stereocenters. The lowest BCUT2D eigenvalue weighted by Crippen LogP contribution is -2.37. The van der Waals surface area contributed by atoms with E-state index in [1.807, 2.05) is 12.1 Å². The molecule has 28 heavy (non-hydrogen) atoms. The van der Waals surface area contributed by atoms with Crippen molar-refractivity contribution in [2.75, 3.05) is 25.2 Å². The van der Waals surface area contributed by atoms with Gasteiger partial charge in [0.15, 0.2) is 5.13 Å². The average Bonchev–Trinajstić information content (AvgIpc) is 3.35. The van der Waals surface area contributed by atoms with Crippen molar-refractivity contribution < 1.29 is 14.3 Å². The van der Waals surface area contributed by atoms with Gasteiger partial charge in [0.1, 0.15) is 11.3 Å². The lowest BCUT2D eigenvalue weighted by Gasteiger charge is -2.24. The molecule has 0 aliphatic carbocycles. The van der Waals surface area contributed by atoms with Crippen LogP contribution < -0.4 is 9.64 Å². The van der Waals surface area contributed by atoms with Crippen molar-refractivity contribution >= 4 is 55.8 Å². The second-order valence-electron chi connectivity index (χ2n) is 6.48. The summed E-state index contributed by atoms with van der Waals surface area (Å²) in [4.78, 5) is 19.8. The highest BCUT2D eigenvalue weighted by atomic mass is 35.5. The van der Waals surface area contributed by atoms with Gasteiger partial charge in [0.2, 0.25) is 0 Å². The molecule has 4 rings (SSSR count). The van der Waals surface area contributed by atoms with Crippen molar-refractivity contribution in [1.82, 2.24) is 4.98 Å². The minimum Gasteiger partial charge on any atom is -0.496 e. The molecular weight excluding hydrogens is 419 g/mol. The molecule has 8 heteroatoms. The third-order valence-electron chi connectivity index (χ3n) is 4.64. The Morgan fingerprint density at radius 2 is 2.21 bits per heavy atom. The molecule has 0 saturated carbocycles. The zero-order chi connectivity index (χ0) is 19.7. The number of ether oxygens (including phenoxy) is 2. The summed E-state index contributed by atoms with van der Waals surface area (Å²) in [6.07, 6.45) is 1.86. The molecule has 0 radical (unpaired) electrons. The molecule has 3 aromatic rings. The number of anilines is 1. The first kappa shape index (κ1) is 19.5. The largest absolute Gasteiger partial charge is 0.496 e. The Morgan fingerprint density at radius 1 is 1.36 bits per heavy atom. The molecule has 1 saturated heterocycles. The van der Waals surface area contributed by atoms with E-state index < -0.39 is 0 Å². The van der Waals surface area contributed by atoms with Crippen LogP contribution in [0.2, 0.25) is 10.0 Å². The number of fused-ring (bicyclic) bond motifs is 1. The van der Waals surface area contributed by atoms with Gasteiger partial charge in [0.05, 0.1) is 35.0 Å².